The van der Waals surface area contributed by atoms with Gasteiger partial charge < -0.3 is 26.2 Å². The van der Waals surface area contributed by atoms with E-state index in [1.165, 1.54) is 4.90 Å². The van der Waals surface area contributed by atoms with E-state index in [4.69, 9.17) is 17.3 Å². The van der Waals surface area contributed by atoms with E-state index >= 15 is 0 Å². The van der Waals surface area contributed by atoms with Crippen molar-refractivity contribution in [1.82, 2.24) is 9.80 Å². The Morgan fingerprint density at radius 3 is 2.55 bits per heavy atom. The number of benzene rings is 1. The number of amides is 1. The third-order valence-corrected chi connectivity index (χ3v) is 8.62. The summed E-state index contributed by atoms with van der Waals surface area (Å²) in [6.45, 7) is 1.81. The van der Waals surface area contributed by atoms with Crippen LogP contribution in [0.5, 0.6) is 5.75 Å². The summed E-state index contributed by atoms with van der Waals surface area (Å²) >= 11 is 6.63. The van der Waals surface area contributed by atoms with Gasteiger partial charge in [0.05, 0.1) is 11.6 Å². The SMILES string of the molecule is CN(C)[C@@H]1C(O)=C(C(N)=O)C(=O)[C@@]2(O)C(O)=C3C(=O)c4c(O)c(CN5CC=CCC5)cc(Cl)c4C[C@H]3C[C@@H]12. The van der Waals surface area contributed by atoms with Gasteiger partial charge in [-0.05, 0) is 50.9 Å². The Hall–Kier alpha value is -3.18. The van der Waals surface area contributed by atoms with Crippen LogP contribution in [-0.4, -0.2) is 86.5 Å². The summed E-state index contributed by atoms with van der Waals surface area (Å²) in [6, 6.07) is 0.612. The Bertz CT molecular complexity index is 1360. The minimum Gasteiger partial charge on any atom is -0.510 e. The van der Waals surface area contributed by atoms with Crippen LogP contribution in [0.3, 0.4) is 0 Å². The van der Waals surface area contributed by atoms with E-state index in [-0.39, 0.29) is 29.7 Å². The molecule has 1 aliphatic heterocycles. The molecule has 0 fully saturated rings. The van der Waals surface area contributed by atoms with E-state index in [9.17, 15) is 34.8 Å². The van der Waals surface area contributed by atoms with Crippen molar-refractivity contribution in [2.24, 2.45) is 17.6 Å². The summed E-state index contributed by atoms with van der Waals surface area (Å²) in [7, 11) is 3.17. The summed E-state index contributed by atoms with van der Waals surface area (Å²) in [6.07, 6.45) is 5.13. The number of aliphatic hydroxyl groups is 3. The number of aromatic hydroxyl groups is 1. The lowest BCUT2D eigenvalue weighted by Gasteiger charge is -2.50. The number of aliphatic hydroxyl groups excluding tert-OH is 2. The number of hydrogen-bond donors (Lipinski definition) is 5. The van der Waals surface area contributed by atoms with Crippen LogP contribution >= 0.6 is 11.6 Å². The minimum absolute atomic E-state index is 0.0186. The molecule has 0 unspecified atom stereocenters. The molecule has 11 heteroatoms. The van der Waals surface area contributed by atoms with Gasteiger partial charge in [-0.3, -0.25) is 24.2 Å². The van der Waals surface area contributed by atoms with Gasteiger partial charge in [-0.15, -0.1) is 0 Å². The number of nitrogens with zero attached hydrogens (tertiary/aromatic N) is 2. The van der Waals surface area contributed by atoms with Crippen molar-refractivity contribution in [2.75, 3.05) is 27.2 Å². The van der Waals surface area contributed by atoms with Crippen molar-refractivity contribution >= 4 is 29.1 Å². The van der Waals surface area contributed by atoms with Crippen LogP contribution in [-0.2, 0) is 22.6 Å². The molecular weight excluding hydrogens is 514 g/mol. The number of halogens is 1. The van der Waals surface area contributed by atoms with Crippen LogP contribution in [0, 0.1) is 11.8 Å². The number of likely N-dealkylation sites (N-methyl/N-ethyl adjacent to an activating group) is 1. The maximum atomic E-state index is 13.9. The number of carbonyl (C=O) groups is 3. The number of rotatable bonds is 4. The topological polar surface area (TPSA) is 165 Å². The summed E-state index contributed by atoms with van der Waals surface area (Å²) < 4.78 is 0. The summed E-state index contributed by atoms with van der Waals surface area (Å²) in [4.78, 5) is 42.9. The molecule has 4 atom stereocenters. The molecule has 1 heterocycles. The molecule has 0 bridgehead atoms. The van der Waals surface area contributed by atoms with E-state index in [0.717, 1.165) is 13.0 Å². The first-order valence-corrected chi connectivity index (χ1v) is 12.8. The molecule has 1 amide bonds. The fraction of sp³-hybridized carbons (Fsp3) is 0.444. The van der Waals surface area contributed by atoms with E-state index in [2.05, 4.69) is 11.0 Å². The van der Waals surface area contributed by atoms with E-state index in [1.807, 2.05) is 6.08 Å². The quantitative estimate of drug-likeness (QED) is 0.280. The van der Waals surface area contributed by atoms with Gasteiger partial charge in [-0.25, -0.2) is 0 Å². The third-order valence-electron chi connectivity index (χ3n) is 8.28. The lowest BCUT2D eigenvalue weighted by atomic mass is 9.58. The third kappa shape index (κ3) is 3.70. The van der Waals surface area contributed by atoms with Crippen LogP contribution in [0.25, 0.3) is 0 Å². The second kappa shape index (κ2) is 9.23. The van der Waals surface area contributed by atoms with Gasteiger partial charge in [0.2, 0.25) is 5.78 Å². The second-order valence-electron chi connectivity index (χ2n) is 10.7. The van der Waals surface area contributed by atoms with Gasteiger partial charge in [0.25, 0.3) is 5.91 Å². The van der Waals surface area contributed by atoms with Crippen molar-refractivity contribution < 1.29 is 34.8 Å². The highest BCUT2D eigenvalue weighted by atomic mass is 35.5. The Morgan fingerprint density at radius 1 is 1.24 bits per heavy atom. The van der Waals surface area contributed by atoms with Crippen LogP contribution in [0.1, 0.15) is 34.3 Å². The van der Waals surface area contributed by atoms with Crippen LogP contribution in [0.4, 0.5) is 0 Å². The number of Topliss-reactive ketones (excluding diaryl/α,β-unsaturated/α-hetero) is 2. The molecule has 4 aliphatic rings. The molecule has 3 aliphatic carbocycles. The maximum absolute atomic E-state index is 13.9. The van der Waals surface area contributed by atoms with Gasteiger partial charge in [0.15, 0.2) is 11.4 Å². The second-order valence-corrected chi connectivity index (χ2v) is 11.1. The summed E-state index contributed by atoms with van der Waals surface area (Å²) in [5.41, 5.74) is 2.47. The van der Waals surface area contributed by atoms with E-state index in [0.29, 0.717) is 29.2 Å². The maximum Gasteiger partial charge on any atom is 0.255 e. The van der Waals surface area contributed by atoms with Gasteiger partial charge in [-0.2, -0.15) is 0 Å². The molecule has 10 nitrogen and oxygen atoms in total. The predicted octanol–water partition coefficient (Wildman–Crippen LogP) is 1.54. The molecule has 0 saturated heterocycles. The fourth-order valence-corrected chi connectivity index (χ4v) is 6.82. The van der Waals surface area contributed by atoms with Gasteiger partial charge in [0.1, 0.15) is 22.8 Å². The van der Waals surface area contributed by atoms with E-state index < -0.39 is 58.0 Å². The average Bonchev–Trinajstić information content (AvgIpc) is 2.84. The first kappa shape index (κ1) is 26.4. The van der Waals surface area contributed by atoms with Crippen molar-refractivity contribution in [3.8, 4) is 5.75 Å². The number of carbonyl (C=O) groups excluding carboxylic acids is 3. The van der Waals surface area contributed by atoms with Crippen LogP contribution in [0.15, 0.2) is 40.9 Å². The standard InChI is InChI=1S/C27H30ClN3O7/c1-30(2)20-15-9-12-8-14-16(28)10-13(11-31-6-4-3-5-7-31)21(32)18(14)22(33)17(12)24(35)27(15,38)25(36)19(23(20)34)26(29)37/h3-4,10,12,15,20,32,34-35,38H,5-9,11H2,1-2H3,(H2,29,37)/t12-,15-,20-,27-/m0/s1. The summed E-state index contributed by atoms with van der Waals surface area (Å²) in [5, 5.41) is 45.4. The normalized spacial score (nSPS) is 29.4. The Labute approximate surface area is 224 Å². The zero-order valence-electron chi connectivity index (χ0n) is 21.1. The molecule has 38 heavy (non-hydrogen) atoms. The van der Waals surface area contributed by atoms with Crippen LogP contribution < -0.4 is 5.73 Å². The van der Waals surface area contributed by atoms with Gasteiger partial charge >= 0.3 is 0 Å². The number of phenols is 1. The van der Waals surface area contributed by atoms with Crippen molar-refractivity contribution in [3.63, 3.8) is 0 Å². The van der Waals surface area contributed by atoms with Crippen molar-refractivity contribution in [1.29, 1.82) is 0 Å². The number of fused-ring (bicyclic) bond motifs is 3. The first-order valence-electron chi connectivity index (χ1n) is 12.4. The molecule has 0 radical (unpaired) electrons. The largest absolute Gasteiger partial charge is 0.510 e. The van der Waals surface area contributed by atoms with Gasteiger partial charge in [-0.1, -0.05) is 23.8 Å². The number of ketones is 2. The van der Waals surface area contributed by atoms with Crippen molar-refractivity contribution in [2.45, 2.75) is 37.5 Å². The molecule has 1 aromatic carbocycles. The molecule has 0 saturated carbocycles. The number of primary amides is 1. The molecule has 202 valence electrons. The minimum atomic E-state index is -2.66. The highest BCUT2D eigenvalue weighted by molar-refractivity contribution is 6.33. The van der Waals surface area contributed by atoms with Crippen molar-refractivity contribution in [3.05, 3.63) is 62.6 Å². The average molecular weight is 544 g/mol. The van der Waals surface area contributed by atoms with Gasteiger partial charge in [0, 0.05) is 41.7 Å². The molecule has 6 N–H and O–H groups in total. The molecule has 1 aromatic rings. The Kier molecular flexibility index (Phi) is 6.42. The highest BCUT2D eigenvalue weighted by Gasteiger charge is 2.63. The molecule has 0 spiro atoms. The number of nitrogens with two attached hydrogens (primary N) is 1. The number of phenolic OH excluding ortho intramolecular Hbond substituents is 1. The lowest BCUT2D eigenvalue weighted by molar-refractivity contribution is -0.148. The molecular formula is C27H30ClN3O7. The zero-order valence-corrected chi connectivity index (χ0v) is 21.8. The first-order chi connectivity index (χ1) is 17.9. The van der Waals surface area contributed by atoms with E-state index in [1.54, 1.807) is 20.2 Å². The highest BCUT2D eigenvalue weighted by Crippen LogP contribution is 2.53. The Morgan fingerprint density at radius 2 is 1.95 bits per heavy atom. The monoisotopic (exact) mass is 543 g/mol. The number of allylic oxidation sites excluding steroid dienone is 1. The summed E-state index contributed by atoms with van der Waals surface area (Å²) in [5.74, 6) is -6.74. The zero-order chi connectivity index (χ0) is 27.7. The number of hydrogen-bond acceptors (Lipinski definition) is 9. The Balaban J connectivity index is 1.64. The molecule has 0 aromatic heterocycles. The lowest BCUT2D eigenvalue weighted by Crippen LogP contribution is -2.63. The fourth-order valence-electron chi connectivity index (χ4n) is 6.52. The smallest absolute Gasteiger partial charge is 0.255 e. The molecule has 5 rings (SSSR count). The predicted molar refractivity (Wildman–Crippen MR) is 138 cm³/mol. The van der Waals surface area contributed by atoms with Crippen LogP contribution in [0.2, 0.25) is 5.02 Å².